The minimum atomic E-state index is -0.224. The number of hydrogen-bond acceptors (Lipinski definition) is 6. The zero-order chi connectivity index (χ0) is 27.8. The van der Waals surface area contributed by atoms with E-state index in [1.165, 1.54) is 17.8 Å². The van der Waals surface area contributed by atoms with Crippen LogP contribution in [0.3, 0.4) is 0 Å². The van der Waals surface area contributed by atoms with Gasteiger partial charge in [0.25, 0.3) is 5.91 Å². The van der Waals surface area contributed by atoms with Gasteiger partial charge in [0.15, 0.2) is 0 Å². The summed E-state index contributed by atoms with van der Waals surface area (Å²) in [5, 5.41) is 12.7. The van der Waals surface area contributed by atoms with Gasteiger partial charge in [0, 0.05) is 29.4 Å². The standard InChI is InChI=1S/C30H33N5O4S/c1-3-24(36)32-18-9-10-19(16-18)33-28(37)27-26-25-23(13-14-31-29(25)40-27)35(30(38)34-26)22-12-11-21(15-17(22)2)39-20-7-5-4-6-8-20/h3-8,11-12,15,18-19,23,25,29,31H,1,9-10,13-14,16H2,2H3,(H,32,36)(H,33,37)(H,34,38)/t18-,19+,23?,25?,29?/m1/s1. The highest BCUT2D eigenvalue weighted by molar-refractivity contribution is 8.04. The molecule has 40 heavy (non-hydrogen) atoms. The van der Waals surface area contributed by atoms with E-state index in [2.05, 4.69) is 27.8 Å². The minimum Gasteiger partial charge on any atom is -0.457 e. The SMILES string of the molecule is C=CC(=O)N[C@@H]1CC[C@H](NC(=O)C2=C3NC(=O)N(c4ccc(Oc5ccccc5)cc4C)C4CCNC(S2)C34)C1. The normalized spacial score (nSPS) is 27.1. The van der Waals surface area contributed by atoms with Gasteiger partial charge >= 0.3 is 6.03 Å². The molecule has 0 aromatic heterocycles. The summed E-state index contributed by atoms with van der Waals surface area (Å²) in [5.41, 5.74) is 2.49. The fourth-order valence-corrected chi connectivity index (χ4v) is 7.64. The third kappa shape index (κ3) is 5.09. The summed E-state index contributed by atoms with van der Waals surface area (Å²) in [4.78, 5) is 41.1. The van der Waals surface area contributed by atoms with Crippen molar-refractivity contribution in [3.8, 4) is 11.5 Å². The van der Waals surface area contributed by atoms with E-state index in [1.807, 2.05) is 60.4 Å². The Kier molecular flexibility index (Phi) is 7.29. The van der Waals surface area contributed by atoms with Crippen molar-refractivity contribution in [3.63, 3.8) is 0 Å². The highest BCUT2D eigenvalue weighted by Gasteiger charge is 2.52. The predicted molar refractivity (Wildman–Crippen MR) is 155 cm³/mol. The van der Waals surface area contributed by atoms with Crippen molar-refractivity contribution in [1.82, 2.24) is 21.3 Å². The summed E-state index contributed by atoms with van der Waals surface area (Å²) in [5.74, 6) is 1.08. The van der Waals surface area contributed by atoms with Gasteiger partial charge in [-0.3, -0.25) is 14.5 Å². The smallest absolute Gasteiger partial charge is 0.326 e. The van der Waals surface area contributed by atoms with Crippen LogP contribution in [0, 0.1) is 12.8 Å². The van der Waals surface area contributed by atoms with E-state index < -0.39 is 0 Å². The monoisotopic (exact) mass is 559 g/mol. The average molecular weight is 560 g/mol. The van der Waals surface area contributed by atoms with Crippen LogP contribution in [0.25, 0.3) is 0 Å². The van der Waals surface area contributed by atoms with E-state index in [0.717, 1.165) is 42.8 Å². The average Bonchev–Trinajstić information content (AvgIpc) is 3.55. The summed E-state index contributed by atoms with van der Waals surface area (Å²) >= 11 is 1.50. The van der Waals surface area contributed by atoms with Crippen LogP contribution in [-0.2, 0) is 9.59 Å². The molecular formula is C30H33N5O4S. The predicted octanol–water partition coefficient (Wildman–Crippen LogP) is 3.92. The lowest BCUT2D eigenvalue weighted by Crippen LogP contribution is -2.62. The number of benzene rings is 2. The molecule has 3 unspecified atom stereocenters. The Bertz CT molecular complexity index is 1380. The van der Waals surface area contributed by atoms with Crippen molar-refractivity contribution in [3.05, 3.63) is 77.4 Å². The number of hydrogen-bond donors (Lipinski definition) is 4. The summed E-state index contributed by atoms with van der Waals surface area (Å²) in [6.07, 6.45) is 4.32. The molecule has 2 saturated heterocycles. The van der Waals surface area contributed by atoms with Gasteiger partial charge in [0.05, 0.1) is 16.3 Å². The number of urea groups is 1. The molecule has 3 aliphatic heterocycles. The lowest BCUT2D eigenvalue weighted by molar-refractivity contribution is -0.117. The summed E-state index contributed by atoms with van der Waals surface area (Å²) in [6, 6.07) is 15.1. The molecule has 6 rings (SSSR count). The molecule has 2 aromatic carbocycles. The van der Waals surface area contributed by atoms with E-state index in [0.29, 0.717) is 22.8 Å². The van der Waals surface area contributed by atoms with Gasteiger partial charge < -0.3 is 26.0 Å². The summed E-state index contributed by atoms with van der Waals surface area (Å²) in [7, 11) is 0. The number of nitrogens with one attached hydrogen (secondary N) is 4. The molecule has 2 aromatic rings. The number of nitrogens with zero attached hydrogens (tertiary/aromatic N) is 1. The highest BCUT2D eigenvalue weighted by atomic mass is 32.2. The van der Waals surface area contributed by atoms with E-state index in [4.69, 9.17) is 4.74 Å². The van der Waals surface area contributed by atoms with Gasteiger partial charge in [-0.05, 0) is 81.1 Å². The Hall–Kier alpha value is -3.76. The molecule has 4 N–H and O–H groups in total. The first-order valence-electron chi connectivity index (χ1n) is 13.7. The van der Waals surface area contributed by atoms with Crippen molar-refractivity contribution >= 4 is 35.3 Å². The molecule has 4 amide bonds. The number of piperidine rings is 1. The van der Waals surface area contributed by atoms with E-state index >= 15 is 0 Å². The number of aryl methyl sites for hydroxylation is 1. The minimum absolute atomic E-state index is 0.00167. The first kappa shape index (κ1) is 26.5. The van der Waals surface area contributed by atoms with Gasteiger partial charge in [0.2, 0.25) is 5.91 Å². The van der Waals surface area contributed by atoms with E-state index in [1.54, 1.807) is 0 Å². The Labute approximate surface area is 237 Å². The molecule has 0 spiro atoms. The summed E-state index contributed by atoms with van der Waals surface area (Å²) < 4.78 is 6.00. The lowest BCUT2D eigenvalue weighted by atomic mass is 9.86. The molecule has 9 nitrogen and oxygen atoms in total. The van der Waals surface area contributed by atoms with E-state index in [9.17, 15) is 14.4 Å². The quantitative estimate of drug-likeness (QED) is 0.383. The fraction of sp³-hybridized carbons (Fsp3) is 0.367. The zero-order valence-corrected chi connectivity index (χ0v) is 23.1. The van der Waals surface area contributed by atoms with Crippen molar-refractivity contribution in [2.75, 3.05) is 11.4 Å². The fourth-order valence-electron chi connectivity index (χ4n) is 6.24. The third-order valence-corrected chi connectivity index (χ3v) is 9.41. The van der Waals surface area contributed by atoms with Gasteiger partial charge in [-0.1, -0.05) is 36.5 Å². The number of amides is 4. The number of thioether (sulfide) groups is 1. The van der Waals surface area contributed by atoms with Crippen LogP contribution in [0.1, 0.15) is 31.2 Å². The molecule has 1 aliphatic carbocycles. The topological polar surface area (TPSA) is 112 Å². The van der Waals surface area contributed by atoms with Gasteiger partial charge in [-0.2, -0.15) is 0 Å². The maximum Gasteiger partial charge on any atom is 0.326 e. The molecule has 10 heteroatoms. The van der Waals surface area contributed by atoms with Gasteiger partial charge in [0.1, 0.15) is 11.5 Å². The van der Waals surface area contributed by atoms with Crippen molar-refractivity contribution in [2.24, 2.45) is 5.92 Å². The molecule has 3 heterocycles. The van der Waals surface area contributed by atoms with Crippen LogP contribution < -0.4 is 30.9 Å². The lowest BCUT2D eigenvalue weighted by Gasteiger charge is -2.46. The number of ether oxygens (including phenoxy) is 1. The van der Waals surface area contributed by atoms with Gasteiger partial charge in [-0.25, -0.2) is 4.79 Å². The van der Waals surface area contributed by atoms with Crippen LogP contribution in [0.4, 0.5) is 10.5 Å². The molecular weight excluding hydrogens is 526 g/mol. The van der Waals surface area contributed by atoms with Crippen LogP contribution in [0.15, 0.2) is 71.8 Å². The molecule has 5 atom stereocenters. The van der Waals surface area contributed by atoms with Crippen LogP contribution in [0.5, 0.6) is 11.5 Å². The number of rotatable bonds is 7. The van der Waals surface area contributed by atoms with Crippen molar-refractivity contribution in [2.45, 2.75) is 56.1 Å². The zero-order valence-electron chi connectivity index (χ0n) is 22.3. The van der Waals surface area contributed by atoms with E-state index in [-0.39, 0.29) is 47.3 Å². The first-order valence-corrected chi connectivity index (χ1v) is 14.6. The second-order valence-electron chi connectivity index (χ2n) is 10.7. The molecule has 208 valence electrons. The number of para-hydroxylation sites is 1. The largest absolute Gasteiger partial charge is 0.457 e. The first-order chi connectivity index (χ1) is 19.4. The van der Waals surface area contributed by atoms with Gasteiger partial charge in [-0.15, -0.1) is 0 Å². The molecule has 3 fully saturated rings. The highest BCUT2D eigenvalue weighted by Crippen LogP contribution is 2.48. The Balaban J connectivity index is 1.19. The summed E-state index contributed by atoms with van der Waals surface area (Å²) in [6.45, 7) is 6.24. The van der Waals surface area contributed by atoms with Crippen LogP contribution in [-0.4, -0.2) is 47.9 Å². The Morgan fingerprint density at radius 1 is 1.07 bits per heavy atom. The number of carbonyl (C=O) groups excluding carboxylic acids is 3. The molecule has 1 saturated carbocycles. The maximum atomic E-state index is 13.6. The third-order valence-electron chi connectivity index (χ3n) is 8.05. The number of anilines is 1. The Morgan fingerprint density at radius 2 is 1.85 bits per heavy atom. The second kappa shape index (κ2) is 11.0. The van der Waals surface area contributed by atoms with Crippen molar-refractivity contribution < 1.29 is 19.1 Å². The van der Waals surface area contributed by atoms with Crippen LogP contribution >= 0.6 is 11.8 Å². The number of carbonyl (C=O) groups is 3. The van der Waals surface area contributed by atoms with Crippen LogP contribution in [0.2, 0.25) is 0 Å². The molecule has 0 bridgehead atoms. The Morgan fingerprint density at radius 3 is 2.60 bits per heavy atom. The molecule has 0 radical (unpaired) electrons. The second-order valence-corrected chi connectivity index (χ2v) is 11.8. The maximum absolute atomic E-state index is 13.6. The molecule has 4 aliphatic rings. The van der Waals surface area contributed by atoms with Crippen molar-refractivity contribution in [1.29, 1.82) is 0 Å².